The second kappa shape index (κ2) is 7.15. The maximum atomic E-state index is 2.20. The standard InChI is InChI=1S/C10H15.2ClH.Zr/c1-6-7(2)9(4)10(5)8(6)3;;;/h1-5H3;2*1H;/q-1;;;+4/p-2. The van der Waals surface area contributed by atoms with Crippen molar-refractivity contribution in [2.75, 3.05) is 0 Å². The van der Waals surface area contributed by atoms with Gasteiger partial charge in [-0.1, -0.05) is 34.6 Å². The fraction of sp³-hybridized carbons (Fsp3) is 0.500. The Labute approximate surface area is 113 Å². The normalized spacial score (nSPS) is 8.08. The van der Waals surface area contributed by atoms with Crippen LogP contribution in [0.1, 0.15) is 27.8 Å². The van der Waals surface area contributed by atoms with Crippen molar-refractivity contribution in [1.29, 1.82) is 0 Å². The van der Waals surface area contributed by atoms with Gasteiger partial charge in [0.25, 0.3) is 0 Å². The number of hydrogen-bond acceptors (Lipinski definition) is 0. The zero-order valence-corrected chi connectivity index (χ0v) is 12.7. The van der Waals surface area contributed by atoms with Gasteiger partial charge in [0.05, 0.1) is 0 Å². The van der Waals surface area contributed by atoms with Gasteiger partial charge in [-0.15, -0.1) is 0 Å². The van der Waals surface area contributed by atoms with Crippen molar-refractivity contribution in [3.63, 3.8) is 0 Å². The molecule has 0 aliphatic carbocycles. The van der Waals surface area contributed by atoms with E-state index in [1.165, 1.54) is 27.8 Å². The Bertz CT molecular complexity index is 184. The molecular formula is C10H15Cl2Zr+. The van der Waals surface area contributed by atoms with E-state index in [0.29, 0.717) is 0 Å². The first-order valence-electron chi connectivity index (χ1n) is 3.75. The van der Waals surface area contributed by atoms with Crippen molar-refractivity contribution in [2.45, 2.75) is 34.6 Å². The maximum Gasteiger partial charge on any atom is 4.00 e. The molecule has 0 aromatic heterocycles. The van der Waals surface area contributed by atoms with E-state index in [-0.39, 0.29) is 51.0 Å². The molecule has 0 amide bonds. The minimum atomic E-state index is 0. The van der Waals surface area contributed by atoms with Gasteiger partial charge in [-0.25, -0.2) is 0 Å². The summed E-state index contributed by atoms with van der Waals surface area (Å²) in [6.45, 7) is 11.0. The topological polar surface area (TPSA) is 0 Å². The van der Waals surface area contributed by atoms with E-state index >= 15 is 0 Å². The molecule has 0 heterocycles. The minimum absolute atomic E-state index is 0. The average Bonchev–Trinajstić information content (AvgIpc) is 2.07. The van der Waals surface area contributed by atoms with Gasteiger partial charge in [-0.3, -0.25) is 0 Å². The third kappa shape index (κ3) is 3.46. The number of rotatable bonds is 0. The monoisotopic (exact) mass is 295 g/mol. The summed E-state index contributed by atoms with van der Waals surface area (Å²) in [7, 11) is 0. The van der Waals surface area contributed by atoms with Gasteiger partial charge in [0.1, 0.15) is 0 Å². The van der Waals surface area contributed by atoms with Gasteiger partial charge in [-0.05, 0) is 0 Å². The maximum absolute atomic E-state index is 2.20. The largest absolute Gasteiger partial charge is 4.00 e. The molecular weight excluding hydrogens is 282 g/mol. The van der Waals surface area contributed by atoms with Crippen LogP contribution in [0.15, 0.2) is 0 Å². The number of halogens is 2. The molecule has 1 aromatic carbocycles. The fourth-order valence-corrected chi connectivity index (χ4v) is 1.41. The van der Waals surface area contributed by atoms with Crippen molar-refractivity contribution >= 4 is 0 Å². The van der Waals surface area contributed by atoms with Crippen LogP contribution in [0, 0.1) is 34.6 Å². The molecule has 3 heteroatoms. The molecule has 1 rings (SSSR count). The van der Waals surface area contributed by atoms with E-state index in [1.54, 1.807) is 0 Å². The molecule has 0 saturated heterocycles. The fourth-order valence-electron chi connectivity index (χ4n) is 1.41. The molecule has 0 bridgehead atoms. The first-order chi connectivity index (χ1) is 4.55. The Balaban J connectivity index is -0.000000333. The van der Waals surface area contributed by atoms with Crippen LogP contribution in [0.5, 0.6) is 0 Å². The SMILES string of the molecule is Cc1c(C)c(C)[c-](C)c1C.[Cl-].[Cl-].[Zr+4]. The van der Waals surface area contributed by atoms with Gasteiger partial charge in [0, 0.05) is 0 Å². The molecule has 1 aromatic rings. The van der Waals surface area contributed by atoms with E-state index in [1.807, 2.05) is 0 Å². The van der Waals surface area contributed by atoms with Crippen molar-refractivity contribution < 1.29 is 51.0 Å². The van der Waals surface area contributed by atoms with Crippen LogP contribution < -0.4 is 24.8 Å². The average molecular weight is 297 g/mol. The summed E-state index contributed by atoms with van der Waals surface area (Å²) in [6.07, 6.45) is 0. The van der Waals surface area contributed by atoms with Crippen molar-refractivity contribution in [1.82, 2.24) is 0 Å². The summed E-state index contributed by atoms with van der Waals surface area (Å²) in [4.78, 5) is 0. The van der Waals surface area contributed by atoms with Crippen molar-refractivity contribution in [3.05, 3.63) is 27.8 Å². The van der Waals surface area contributed by atoms with E-state index < -0.39 is 0 Å². The Kier molecular flexibility index (Phi) is 10.7. The van der Waals surface area contributed by atoms with Gasteiger partial charge in [-0.2, -0.15) is 27.8 Å². The quantitative estimate of drug-likeness (QED) is 0.447. The Morgan fingerprint density at radius 2 is 1.00 bits per heavy atom. The number of hydrogen-bond donors (Lipinski definition) is 0. The van der Waals surface area contributed by atoms with Crippen LogP contribution in [-0.4, -0.2) is 0 Å². The first-order valence-corrected chi connectivity index (χ1v) is 3.75. The summed E-state index contributed by atoms with van der Waals surface area (Å²) in [5, 5.41) is 0. The summed E-state index contributed by atoms with van der Waals surface area (Å²) < 4.78 is 0. The van der Waals surface area contributed by atoms with Gasteiger partial charge in [0.15, 0.2) is 0 Å². The van der Waals surface area contributed by atoms with Crippen molar-refractivity contribution in [2.24, 2.45) is 0 Å². The summed E-state index contributed by atoms with van der Waals surface area (Å²) in [5.74, 6) is 0. The van der Waals surface area contributed by atoms with Crippen LogP contribution >= 0.6 is 0 Å². The van der Waals surface area contributed by atoms with Crippen LogP contribution in [-0.2, 0) is 26.2 Å². The Hall–Kier alpha value is 0.813. The van der Waals surface area contributed by atoms with Crippen LogP contribution in [0.4, 0.5) is 0 Å². The molecule has 0 unspecified atom stereocenters. The van der Waals surface area contributed by atoms with Gasteiger partial charge < -0.3 is 24.8 Å². The van der Waals surface area contributed by atoms with E-state index in [0.717, 1.165) is 0 Å². The summed E-state index contributed by atoms with van der Waals surface area (Å²) >= 11 is 0. The van der Waals surface area contributed by atoms with Crippen molar-refractivity contribution in [3.8, 4) is 0 Å². The molecule has 0 atom stereocenters. The molecule has 0 radical (unpaired) electrons. The zero-order chi connectivity index (χ0) is 7.89. The Morgan fingerprint density at radius 1 is 0.769 bits per heavy atom. The van der Waals surface area contributed by atoms with E-state index in [4.69, 9.17) is 0 Å². The minimum Gasteiger partial charge on any atom is -1.00 e. The third-order valence-electron chi connectivity index (χ3n) is 2.81. The second-order valence-corrected chi connectivity index (χ2v) is 3.12. The van der Waals surface area contributed by atoms with E-state index in [9.17, 15) is 0 Å². The smallest absolute Gasteiger partial charge is 1.00 e. The molecule has 0 spiro atoms. The molecule has 0 saturated carbocycles. The van der Waals surface area contributed by atoms with E-state index in [2.05, 4.69) is 34.6 Å². The summed E-state index contributed by atoms with van der Waals surface area (Å²) in [5.41, 5.74) is 7.34. The first kappa shape index (κ1) is 19.4. The van der Waals surface area contributed by atoms with Crippen LogP contribution in [0.2, 0.25) is 0 Å². The Morgan fingerprint density at radius 3 is 1.08 bits per heavy atom. The molecule has 0 aliphatic heterocycles. The molecule has 0 fully saturated rings. The predicted octanol–water partition coefficient (Wildman–Crippen LogP) is -3.05. The molecule has 72 valence electrons. The zero-order valence-electron chi connectivity index (χ0n) is 8.76. The van der Waals surface area contributed by atoms with Crippen LogP contribution in [0.3, 0.4) is 0 Å². The molecule has 0 nitrogen and oxygen atoms in total. The molecule has 13 heavy (non-hydrogen) atoms. The predicted molar refractivity (Wildman–Crippen MR) is 45.7 cm³/mol. The molecule has 0 N–H and O–H groups in total. The van der Waals surface area contributed by atoms with Crippen LogP contribution in [0.25, 0.3) is 0 Å². The third-order valence-corrected chi connectivity index (χ3v) is 2.81. The summed E-state index contributed by atoms with van der Waals surface area (Å²) in [6, 6.07) is 0. The van der Waals surface area contributed by atoms with Gasteiger partial charge >= 0.3 is 26.2 Å². The molecule has 0 aliphatic rings. The second-order valence-electron chi connectivity index (χ2n) is 3.12. The van der Waals surface area contributed by atoms with Gasteiger partial charge in [0.2, 0.25) is 0 Å².